The second kappa shape index (κ2) is 5.03. The zero-order chi connectivity index (χ0) is 12.3. The lowest BCUT2D eigenvalue weighted by Gasteiger charge is -2.20. The molecule has 0 aliphatic heterocycles. The van der Waals surface area contributed by atoms with E-state index in [0.29, 0.717) is 10.7 Å². The first kappa shape index (κ1) is 13.3. The molecule has 0 spiro atoms. The molecule has 7 heteroatoms. The topological polar surface area (TPSA) is 54.5 Å². The minimum atomic E-state index is -3.56. The first-order chi connectivity index (χ1) is 7.30. The lowest BCUT2D eigenvalue weighted by atomic mass is 10.3. The number of nitrogens with zero attached hydrogens (tertiary/aromatic N) is 1. The summed E-state index contributed by atoms with van der Waals surface area (Å²) >= 11 is 10.9. The number of hydrogen-bond acceptors (Lipinski definition) is 3. The van der Waals surface area contributed by atoms with E-state index in [9.17, 15) is 13.2 Å². The Hall–Kier alpha value is -0.780. The number of anilines is 1. The Morgan fingerprint density at radius 3 is 2.50 bits per heavy atom. The lowest BCUT2D eigenvalue weighted by molar-refractivity contribution is -0.110. The predicted octanol–water partition coefficient (Wildman–Crippen LogP) is 1.87. The maximum Gasteiger partial charge on any atom is 0.242 e. The Morgan fingerprint density at radius 1 is 1.44 bits per heavy atom. The highest BCUT2D eigenvalue weighted by Crippen LogP contribution is 2.21. The first-order valence-corrected chi connectivity index (χ1v) is 6.83. The molecule has 0 amide bonds. The summed E-state index contributed by atoms with van der Waals surface area (Å²) in [7, 11) is -3.56. The van der Waals surface area contributed by atoms with Crippen LogP contribution in [-0.2, 0) is 14.8 Å². The molecule has 0 radical (unpaired) electrons. The quantitative estimate of drug-likeness (QED) is 0.792. The second-order valence-corrected chi connectivity index (χ2v) is 5.87. The largest absolute Gasteiger partial charge is 0.279 e. The van der Waals surface area contributed by atoms with Gasteiger partial charge in [-0.05, 0) is 29.8 Å². The maximum absolute atomic E-state index is 11.5. The van der Waals surface area contributed by atoms with E-state index in [1.165, 1.54) is 12.1 Å². The molecule has 88 valence electrons. The van der Waals surface area contributed by atoms with Crippen molar-refractivity contribution in [1.82, 2.24) is 0 Å². The second-order valence-electron chi connectivity index (χ2n) is 3.10. The fourth-order valence-electron chi connectivity index (χ4n) is 1.14. The van der Waals surface area contributed by atoms with Crippen LogP contribution in [0.15, 0.2) is 24.3 Å². The Kier molecular flexibility index (Phi) is 4.18. The number of rotatable bonds is 4. The zero-order valence-electron chi connectivity index (χ0n) is 8.35. The number of carbonyl (C=O) groups excluding carboxylic acids is 1. The molecule has 0 heterocycles. The van der Waals surface area contributed by atoms with Crippen molar-refractivity contribution < 1.29 is 13.2 Å². The van der Waals surface area contributed by atoms with Gasteiger partial charge in [-0.15, -0.1) is 0 Å². The van der Waals surface area contributed by atoms with Gasteiger partial charge >= 0.3 is 0 Å². The van der Waals surface area contributed by atoms with Crippen molar-refractivity contribution in [2.75, 3.05) is 17.1 Å². The van der Waals surface area contributed by atoms with Crippen LogP contribution >= 0.6 is 23.2 Å². The molecule has 0 N–H and O–H groups in total. The molecule has 0 aromatic heterocycles. The molecule has 0 fully saturated rings. The molecule has 1 aromatic carbocycles. The number of hydrogen-bond donors (Lipinski definition) is 0. The number of carbonyl (C=O) groups is 1. The highest BCUT2D eigenvalue weighted by atomic mass is 35.5. The monoisotopic (exact) mass is 281 g/mol. The van der Waals surface area contributed by atoms with E-state index in [-0.39, 0.29) is 0 Å². The Bertz CT molecular complexity index is 501. The third-order valence-corrected chi connectivity index (χ3v) is 3.26. The van der Waals surface area contributed by atoms with Crippen LogP contribution in [0.5, 0.6) is 0 Å². The van der Waals surface area contributed by atoms with Crippen molar-refractivity contribution in [3.05, 3.63) is 29.3 Å². The summed E-state index contributed by atoms with van der Waals surface area (Å²) in [6.45, 7) is -0.416. The van der Waals surface area contributed by atoms with Crippen molar-refractivity contribution in [1.29, 1.82) is 0 Å². The third-order valence-electron chi connectivity index (χ3n) is 1.76. The third kappa shape index (κ3) is 3.66. The highest BCUT2D eigenvalue weighted by molar-refractivity contribution is 7.92. The summed E-state index contributed by atoms with van der Waals surface area (Å²) in [6, 6.07) is 6.18. The van der Waals surface area contributed by atoms with Crippen molar-refractivity contribution >= 4 is 44.2 Å². The van der Waals surface area contributed by atoms with Crippen molar-refractivity contribution in [2.24, 2.45) is 0 Å². The van der Waals surface area contributed by atoms with E-state index in [1.807, 2.05) is 0 Å². The Morgan fingerprint density at radius 2 is 2.06 bits per heavy atom. The molecule has 1 aromatic rings. The van der Waals surface area contributed by atoms with E-state index in [0.717, 1.165) is 10.6 Å². The summed E-state index contributed by atoms with van der Waals surface area (Å²) in [5.74, 6) is 0. The fourth-order valence-corrected chi connectivity index (χ4v) is 2.37. The van der Waals surface area contributed by atoms with Gasteiger partial charge in [0, 0.05) is 5.02 Å². The van der Waals surface area contributed by atoms with Crippen LogP contribution in [0.3, 0.4) is 0 Å². The van der Waals surface area contributed by atoms with Gasteiger partial charge in [0.1, 0.15) is 6.54 Å². The minimum Gasteiger partial charge on any atom is -0.279 e. The Balaban J connectivity index is 3.16. The van der Waals surface area contributed by atoms with Gasteiger partial charge in [0.25, 0.3) is 0 Å². The summed E-state index contributed by atoms with van der Waals surface area (Å²) in [6.07, 6.45) is 0.994. The zero-order valence-corrected chi connectivity index (χ0v) is 10.7. The van der Waals surface area contributed by atoms with Crippen LogP contribution in [0.1, 0.15) is 0 Å². The van der Waals surface area contributed by atoms with Crippen LogP contribution < -0.4 is 4.31 Å². The molecule has 0 unspecified atom stereocenters. The highest BCUT2D eigenvalue weighted by Gasteiger charge is 2.19. The van der Waals surface area contributed by atoms with Gasteiger partial charge in [0.15, 0.2) is 0 Å². The van der Waals surface area contributed by atoms with Gasteiger partial charge in [0.05, 0.1) is 11.9 Å². The van der Waals surface area contributed by atoms with Gasteiger partial charge in [-0.25, -0.2) is 8.42 Å². The van der Waals surface area contributed by atoms with Gasteiger partial charge in [-0.1, -0.05) is 17.7 Å². The molecule has 0 saturated carbocycles. The predicted molar refractivity (Wildman–Crippen MR) is 64.5 cm³/mol. The lowest BCUT2D eigenvalue weighted by Crippen LogP contribution is -2.33. The SMILES string of the molecule is CS(=O)(=O)N(CC(=O)Cl)c1cccc(Cl)c1. The van der Waals surface area contributed by atoms with Crippen LogP contribution in [0, 0.1) is 0 Å². The molecule has 0 bridgehead atoms. The van der Waals surface area contributed by atoms with Gasteiger partial charge in [0.2, 0.25) is 15.3 Å². The number of halogens is 2. The standard InChI is InChI=1S/C9H9Cl2NO3S/c1-16(14,15)12(6-9(11)13)8-4-2-3-7(10)5-8/h2-5H,6H2,1H3. The van der Waals surface area contributed by atoms with Crippen molar-refractivity contribution in [3.63, 3.8) is 0 Å². The molecular formula is C9H9Cl2NO3S. The minimum absolute atomic E-state index is 0.309. The van der Waals surface area contributed by atoms with Gasteiger partial charge in [-0.3, -0.25) is 9.10 Å². The molecule has 16 heavy (non-hydrogen) atoms. The van der Waals surface area contributed by atoms with E-state index >= 15 is 0 Å². The fraction of sp³-hybridized carbons (Fsp3) is 0.222. The molecule has 0 aliphatic rings. The number of sulfonamides is 1. The van der Waals surface area contributed by atoms with Gasteiger partial charge < -0.3 is 0 Å². The van der Waals surface area contributed by atoms with Gasteiger partial charge in [-0.2, -0.15) is 0 Å². The smallest absolute Gasteiger partial charge is 0.242 e. The van der Waals surface area contributed by atoms with E-state index in [4.69, 9.17) is 23.2 Å². The van der Waals surface area contributed by atoms with Crippen LogP contribution in [-0.4, -0.2) is 26.5 Å². The average Bonchev–Trinajstić information content (AvgIpc) is 2.12. The summed E-state index contributed by atoms with van der Waals surface area (Å²) < 4.78 is 23.8. The normalized spacial score (nSPS) is 11.2. The first-order valence-electron chi connectivity index (χ1n) is 4.22. The van der Waals surface area contributed by atoms with E-state index in [2.05, 4.69) is 0 Å². The molecule has 0 saturated heterocycles. The average molecular weight is 282 g/mol. The molecule has 1 rings (SSSR count). The molecule has 0 atom stereocenters. The molecule has 4 nitrogen and oxygen atoms in total. The van der Waals surface area contributed by atoms with Crippen LogP contribution in [0.2, 0.25) is 5.02 Å². The van der Waals surface area contributed by atoms with Crippen LogP contribution in [0.4, 0.5) is 5.69 Å². The van der Waals surface area contributed by atoms with Crippen LogP contribution in [0.25, 0.3) is 0 Å². The van der Waals surface area contributed by atoms with E-state index in [1.54, 1.807) is 12.1 Å². The Labute approximate surface area is 104 Å². The van der Waals surface area contributed by atoms with Crippen molar-refractivity contribution in [2.45, 2.75) is 0 Å². The summed E-state index contributed by atoms with van der Waals surface area (Å²) in [5.41, 5.74) is 0.309. The maximum atomic E-state index is 11.5. The molecule has 0 aliphatic carbocycles. The summed E-state index contributed by atoms with van der Waals surface area (Å²) in [4.78, 5) is 10.8. The summed E-state index contributed by atoms with van der Waals surface area (Å²) in [5, 5.41) is -0.376. The van der Waals surface area contributed by atoms with E-state index < -0.39 is 21.8 Å². The molecular weight excluding hydrogens is 273 g/mol. The number of benzene rings is 1. The van der Waals surface area contributed by atoms with Crippen molar-refractivity contribution in [3.8, 4) is 0 Å².